The number of rotatable bonds is 4. The molecule has 0 saturated carbocycles. The summed E-state index contributed by atoms with van der Waals surface area (Å²) in [7, 11) is 0. The van der Waals surface area contributed by atoms with Crippen LogP contribution in [-0.2, 0) is 11.2 Å². The van der Waals surface area contributed by atoms with Crippen LogP contribution in [0.2, 0.25) is 0 Å². The number of likely N-dealkylation sites (tertiary alicyclic amines) is 1. The average Bonchev–Trinajstić information content (AvgIpc) is 2.77. The van der Waals surface area contributed by atoms with Crippen LogP contribution < -0.4 is 10.6 Å². The van der Waals surface area contributed by atoms with E-state index < -0.39 is 0 Å². The molecule has 1 saturated heterocycles. The zero-order valence-electron chi connectivity index (χ0n) is 12.6. The number of benzene rings is 1. The first-order valence-electron chi connectivity index (χ1n) is 8.17. The molecule has 3 rings (SSSR count). The van der Waals surface area contributed by atoms with Crippen LogP contribution >= 0.6 is 0 Å². The highest BCUT2D eigenvalue weighted by molar-refractivity contribution is 5.87. The molecule has 2 aliphatic rings. The highest BCUT2D eigenvalue weighted by Gasteiger charge is 2.25. The third kappa shape index (κ3) is 3.76. The second-order valence-electron chi connectivity index (χ2n) is 6.11. The van der Waals surface area contributed by atoms with E-state index >= 15 is 0 Å². The van der Waals surface area contributed by atoms with Gasteiger partial charge in [0, 0.05) is 25.2 Å². The number of nitrogens with one attached hydrogen (secondary N) is 2. The molecule has 2 heterocycles. The second kappa shape index (κ2) is 6.94. The number of nitrogens with zero attached hydrogens (tertiary/aromatic N) is 1. The Labute approximate surface area is 126 Å². The monoisotopic (exact) mass is 287 g/mol. The fourth-order valence-corrected chi connectivity index (χ4v) is 3.28. The molecule has 21 heavy (non-hydrogen) atoms. The third-order valence-electron chi connectivity index (χ3n) is 4.51. The van der Waals surface area contributed by atoms with E-state index in [9.17, 15) is 4.79 Å². The van der Waals surface area contributed by atoms with Gasteiger partial charge in [-0.05, 0) is 37.6 Å². The number of amides is 1. The molecular formula is C17H25N3O. The molecule has 1 amide bonds. The summed E-state index contributed by atoms with van der Waals surface area (Å²) in [5.41, 5.74) is 2.34. The van der Waals surface area contributed by atoms with Crippen LogP contribution in [-0.4, -0.2) is 43.0 Å². The molecule has 0 unspecified atom stereocenters. The zero-order chi connectivity index (χ0) is 14.5. The lowest BCUT2D eigenvalue weighted by atomic mass is 10.1. The molecule has 0 radical (unpaired) electrons. The van der Waals surface area contributed by atoms with E-state index in [1.807, 2.05) is 18.2 Å². The maximum absolute atomic E-state index is 12.2. The first kappa shape index (κ1) is 14.4. The summed E-state index contributed by atoms with van der Waals surface area (Å²) < 4.78 is 0. The SMILES string of the molecule is O=C(NCCN1CCCCCC1)[C@@H]1Cc2ccccc2N1. The molecule has 2 N–H and O–H groups in total. The van der Waals surface area contributed by atoms with Crippen LogP contribution in [0.4, 0.5) is 5.69 Å². The number of hydrogen-bond donors (Lipinski definition) is 2. The predicted octanol–water partition coefficient (Wildman–Crippen LogP) is 2.02. The second-order valence-corrected chi connectivity index (χ2v) is 6.11. The van der Waals surface area contributed by atoms with Gasteiger partial charge in [-0.2, -0.15) is 0 Å². The van der Waals surface area contributed by atoms with E-state index in [0.717, 1.165) is 25.2 Å². The van der Waals surface area contributed by atoms with Gasteiger partial charge in [0.2, 0.25) is 5.91 Å². The molecule has 4 nitrogen and oxygen atoms in total. The highest BCUT2D eigenvalue weighted by atomic mass is 16.2. The average molecular weight is 287 g/mol. The number of hydrogen-bond acceptors (Lipinski definition) is 3. The summed E-state index contributed by atoms with van der Waals surface area (Å²) in [4.78, 5) is 14.7. The summed E-state index contributed by atoms with van der Waals surface area (Å²) in [5, 5.41) is 6.39. The smallest absolute Gasteiger partial charge is 0.242 e. The summed E-state index contributed by atoms with van der Waals surface area (Å²) in [5.74, 6) is 0.126. The minimum Gasteiger partial charge on any atom is -0.373 e. The van der Waals surface area contributed by atoms with Gasteiger partial charge in [-0.1, -0.05) is 31.0 Å². The van der Waals surface area contributed by atoms with Crippen molar-refractivity contribution in [2.24, 2.45) is 0 Å². The predicted molar refractivity (Wildman–Crippen MR) is 85.5 cm³/mol. The van der Waals surface area contributed by atoms with E-state index in [2.05, 4.69) is 21.6 Å². The lowest BCUT2D eigenvalue weighted by Gasteiger charge is -2.20. The van der Waals surface area contributed by atoms with Gasteiger partial charge < -0.3 is 15.5 Å². The van der Waals surface area contributed by atoms with Gasteiger partial charge in [0.25, 0.3) is 0 Å². The number of carbonyl (C=O) groups is 1. The summed E-state index contributed by atoms with van der Waals surface area (Å²) in [6.45, 7) is 4.10. The van der Waals surface area contributed by atoms with Crippen LogP contribution in [0.5, 0.6) is 0 Å². The molecule has 0 spiro atoms. The fraction of sp³-hybridized carbons (Fsp3) is 0.588. The van der Waals surface area contributed by atoms with Crippen molar-refractivity contribution in [2.75, 3.05) is 31.5 Å². The van der Waals surface area contributed by atoms with Crippen molar-refractivity contribution in [3.05, 3.63) is 29.8 Å². The Balaban J connectivity index is 1.41. The maximum atomic E-state index is 12.2. The van der Waals surface area contributed by atoms with Crippen molar-refractivity contribution in [3.63, 3.8) is 0 Å². The molecule has 114 valence electrons. The van der Waals surface area contributed by atoms with E-state index in [1.165, 1.54) is 44.3 Å². The fourth-order valence-electron chi connectivity index (χ4n) is 3.28. The largest absolute Gasteiger partial charge is 0.373 e. The van der Waals surface area contributed by atoms with Crippen molar-refractivity contribution >= 4 is 11.6 Å². The molecule has 1 fully saturated rings. The molecule has 0 aliphatic carbocycles. The Bertz CT molecular complexity index is 456. The number of carbonyl (C=O) groups excluding carboxylic acids is 1. The first-order valence-corrected chi connectivity index (χ1v) is 8.17. The van der Waals surface area contributed by atoms with Crippen molar-refractivity contribution in [1.82, 2.24) is 10.2 Å². The lowest BCUT2D eigenvalue weighted by molar-refractivity contribution is -0.121. The van der Waals surface area contributed by atoms with Crippen molar-refractivity contribution in [1.29, 1.82) is 0 Å². The van der Waals surface area contributed by atoms with Gasteiger partial charge in [0.15, 0.2) is 0 Å². The van der Waals surface area contributed by atoms with Gasteiger partial charge >= 0.3 is 0 Å². The van der Waals surface area contributed by atoms with Crippen LogP contribution in [0.1, 0.15) is 31.2 Å². The van der Waals surface area contributed by atoms with Crippen LogP contribution in [0, 0.1) is 0 Å². The Kier molecular flexibility index (Phi) is 4.76. The van der Waals surface area contributed by atoms with E-state index in [-0.39, 0.29) is 11.9 Å². The van der Waals surface area contributed by atoms with Crippen LogP contribution in [0.15, 0.2) is 24.3 Å². The Morgan fingerprint density at radius 1 is 1.19 bits per heavy atom. The van der Waals surface area contributed by atoms with Gasteiger partial charge in [0.1, 0.15) is 6.04 Å². The molecule has 1 aromatic carbocycles. The van der Waals surface area contributed by atoms with Gasteiger partial charge in [-0.15, -0.1) is 0 Å². The highest BCUT2D eigenvalue weighted by Crippen LogP contribution is 2.24. The molecule has 4 heteroatoms. The quantitative estimate of drug-likeness (QED) is 0.890. The molecule has 0 aromatic heterocycles. The topological polar surface area (TPSA) is 44.4 Å². The number of para-hydroxylation sites is 1. The summed E-state index contributed by atoms with van der Waals surface area (Å²) in [6.07, 6.45) is 6.10. The Morgan fingerprint density at radius 2 is 1.95 bits per heavy atom. The Hall–Kier alpha value is -1.55. The first-order chi connectivity index (χ1) is 10.3. The minimum atomic E-state index is -0.105. The van der Waals surface area contributed by atoms with Gasteiger partial charge in [-0.3, -0.25) is 4.79 Å². The third-order valence-corrected chi connectivity index (χ3v) is 4.51. The normalized spacial score (nSPS) is 22.2. The summed E-state index contributed by atoms with van der Waals surface area (Å²) in [6, 6.07) is 8.06. The van der Waals surface area contributed by atoms with E-state index in [0.29, 0.717) is 0 Å². The minimum absolute atomic E-state index is 0.105. The molecule has 1 atom stereocenters. The van der Waals surface area contributed by atoms with Crippen molar-refractivity contribution in [2.45, 2.75) is 38.1 Å². The molecular weight excluding hydrogens is 262 g/mol. The standard InChI is InChI=1S/C17H25N3O/c21-17(16-13-14-7-3-4-8-15(14)19-16)18-9-12-20-10-5-1-2-6-11-20/h3-4,7-8,16,19H,1-2,5-6,9-13H2,(H,18,21)/t16-/m0/s1. The van der Waals surface area contributed by atoms with E-state index in [4.69, 9.17) is 0 Å². The van der Waals surface area contributed by atoms with Gasteiger partial charge in [0.05, 0.1) is 0 Å². The lowest BCUT2D eigenvalue weighted by Crippen LogP contribution is -2.42. The number of fused-ring (bicyclic) bond motifs is 1. The van der Waals surface area contributed by atoms with Crippen LogP contribution in [0.25, 0.3) is 0 Å². The zero-order valence-corrected chi connectivity index (χ0v) is 12.6. The molecule has 2 aliphatic heterocycles. The maximum Gasteiger partial charge on any atom is 0.242 e. The van der Waals surface area contributed by atoms with Crippen molar-refractivity contribution in [3.8, 4) is 0 Å². The summed E-state index contributed by atoms with van der Waals surface area (Å²) >= 11 is 0. The Morgan fingerprint density at radius 3 is 2.71 bits per heavy atom. The van der Waals surface area contributed by atoms with Crippen molar-refractivity contribution < 1.29 is 4.79 Å². The number of anilines is 1. The molecule has 0 bridgehead atoms. The van der Waals surface area contributed by atoms with E-state index in [1.54, 1.807) is 0 Å². The van der Waals surface area contributed by atoms with Gasteiger partial charge in [-0.25, -0.2) is 0 Å². The molecule has 1 aromatic rings. The van der Waals surface area contributed by atoms with Crippen LogP contribution in [0.3, 0.4) is 0 Å².